The molecule has 0 unspecified atom stereocenters. The average molecular weight is 133 g/mol. The smallest absolute Gasteiger partial charge is 0.103 e. The molecule has 0 aromatic heterocycles. The van der Waals surface area contributed by atoms with Crippen LogP contribution in [-0.4, -0.2) is 62.6 Å². The molecule has 1 N–H and O–H groups in total. The van der Waals surface area contributed by atoms with E-state index in [1.54, 1.807) is 0 Å². The van der Waals surface area contributed by atoms with Gasteiger partial charge < -0.3 is 5.48 Å². The van der Waals surface area contributed by atoms with Crippen molar-refractivity contribution >= 4 is 64.0 Å². The minimum atomic E-state index is 0. The molecule has 6 heavy (non-hydrogen) atoms. The maximum absolute atomic E-state index is 3.29. The second-order valence-corrected chi connectivity index (χ2v) is 1.25. The van der Waals surface area contributed by atoms with E-state index < -0.39 is 0 Å². The molecular formula is C3H10KOS. The Kier molecular flexibility index (Phi) is 41.2. The van der Waals surface area contributed by atoms with Gasteiger partial charge in [-0.05, 0) is 19.0 Å². The van der Waals surface area contributed by atoms with Gasteiger partial charge in [0, 0.05) is 51.4 Å². The molecule has 0 atom stereocenters. The summed E-state index contributed by atoms with van der Waals surface area (Å²) in [4.78, 5) is 0. The third kappa shape index (κ3) is 16.8. The summed E-state index contributed by atoms with van der Waals surface area (Å²) >= 11 is 3.29. The quantitative estimate of drug-likeness (QED) is 0.361. The molecule has 0 aliphatic carbocycles. The van der Waals surface area contributed by atoms with Crippen molar-refractivity contribution in [3.05, 3.63) is 0 Å². The Morgan fingerprint density at radius 3 is 1.67 bits per heavy atom. The molecule has 35 valence electrons. The molecule has 0 heterocycles. The molecule has 0 fully saturated rings. The maximum Gasteiger partial charge on any atom is 0.103 e. The van der Waals surface area contributed by atoms with Crippen LogP contribution >= 0.6 is 0 Å². The van der Waals surface area contributed by atoms with Crippen molar-refractivity contribution in [3.8, 4) is 0 Å². The van der Waals surface area contributed by atoms with Gasteiger partial charge >= 0.3 is 0 Å². The first kappa shape index (κ1) is 15.7. The second kappa shape index (κ2) is 15.8. The van der Waals surface area contributed by atoms with E-state index in [9.17, 15) is 0 Å². The molecule has 3 heteroatoms. The first-order valence-corrected chi connectivity index (χ1v) is 2.27. The molecule has 1 radical (unpaired) electrons. The van der Waals surface area contributed by atoms with Crippen LogP contribution in [-0.2, 0) is 12.6 Å². The molecule has 0 bridgehead atoms. The Balaban J connectivity index is -0.0000000450. The molecule has 0 aliphatic rings. The molecular weight excluding hydrogens is 123 g/mol. The predicted molar refractivity (Wildman–Crippen MR) is 33.0 cm³/mol. The minimum Gasteiger partial charge on any atom is -0.870 e. The van der Waals surface area contributed by atoms with E-state index in [-0.39, 0.29) is 56.9 Å². The van der Waals surface area contributed by atoms with Gasteiger partial charge in [-0.1, -0.05) is 6.92 Å². The summed E-state index contributed by atoms with van der Waals surface area (Å²) in [5.41, 5.74) is 0. The van der Waals surface area contributed by atoms with Gasteiger partial charge in [0.1, 0.15) is 5.75 Å². The Morgan fingerprint density at radius 1 is 1.50 bits per heavy atom. The van der Waals surface area contributed by atoms with Gasteiger partial charge in [0.05, 0.1) is 0 Å². The van der Waals surface area contributed by atoms with Crippen molar-refractivity contribution in [1.29, 1.82) is 0 Å². The summed E-state index contributed by atoms with van der Waals surface area (Å²) < 4.78 is 0. The van der Waals surface area contributed by atoms with E-state index in [0.717, 1.165) is 5.75 Å². The Hall–Kier alpha value is 1.95. The van der Waals surface area contributed by atoms with Crippen LogP contribution < -0.4 is 0 Å². The standard InChI is InChI=1S/C3H8S.K.H2O/c1-2-3-4;;/h4H,2-3H2,1H3;;1H2. The van der Waals surface area contributed by atoms with Crippen molar-refractivity contribution < 1.29 is 5.48 Å². The molecule has 0 saturated carbocycles. The molecule has 0 aliphatic heterocycles. The summed E-state index contributed by atoms with van der Waals surface area (Å²) in [5.74, 6) is 1.12. The van der Waals surface area contributed by atoms with Gasteiger partial charge in [0.2, 0.25) is 0 Å². The van der Waals surface area contributed by atoms with E-state index in [4.69, 9.17) is 0 Å². The van der Waals surface area contributed by atoms with Crippen molar-refractivity contribution in [2.24, 2.45) is 0 Å². The summed E-state index contributed by atoms with van der Waals surface area (Å²) in [7, 11) is 0. The Morgan fingerprint density at radius 2 is 1.67 bits per heavy atom. The van der Waals surface area contributed by atoms with E-state index >= 15 is 0 Å². The predicted octanol–water partition coefficient (Wildman–Crippen LogP) is -0.150. The molecule has 0 amide bonds. The largest absolute Gasteiger partial charge is 0.870 e. The van der Waals surface area contributed by atoms with Crippen LogP contribution in [0.5, 0.6) is 0 Å². The summed E-state index contributed by atoms with van der Waals surface area (Å²) in [5, 5.41) is 0. The molecule has 0 aromatic rings. The molecule has 1 nitrogen and oxygen atoms in total. The number of hydrogen-bond acceptors (Lipinski definition) is 1. The SMILES string of the molecule is CCC[SH2+].[K].[OH-]. The van der Waals surface area contributed by atoms with Crippen LogP contribution in [0.2, 0.25) is 0 Å². The normalized spacial score (nSPS) is 5.00. The van der Waals surface area contributed by atoms with Crippen LogP contribution in [0.3, 0.4) is 0 Å². The Labute approximate surface area is 87.0 Å². The van der Waals surface area contributed by atoms with E-state index in [1.165, 1.54) is 6.42 Å². The summed E-state index contributed by atoms with van der Waals surface area (Å²) in [6.45, 7) is 2.13. The van der Waals surface area contributed by atoms with E-state index in [0.29, 0.717) is 0 Å². The van der Waals surface area contributed by atoms with Crippen LogP contribution in [0.1, 0.15) is 13.3 Å². The van der Waals surface area contributed by atoms with Gasteiger partial charge in [-0.2, -0.15) is 0 Å². The van der Waals surface area contributed by atoms with Crippen molar-refractivity contribution in [2.45, 2.75) is 13.3 Å². The third-order valence-corrected chi connectivity index (χ3v) is 0.750. The van der Waals surface area contributed by atoms with Crippen molar-refractivity contribution in [3.63, 3.8) is 0 Å². The van der Waals surface area contributed by atoms with Crippen LogP contribution in [0.4, 0.5) is 0 Å². The van der Waals surface area contributed by atoms with Crippen LogP contribution in [0, 0.1) is 0 Å². The van der Waals surface area contributed by atoms with Gasteiger partial charge in [0.25, 0.3) is 0 Å². The molecule has 0 aromatic carbocycles. The zero-order valence-corrected chi connectivity index (χ0v) is 8.48. The Bertz CT molecular complexity index is 12.8. The molecule has 0 spiro atoms. The minimum absolute atomic E-state index is 0. The van der Waals surface area contributed by atoms with Crippen LogP contribution in [0.15, 0.2) is 0 Å². The molecule has 0 saturated heterocycles. The number of rotatable bonds is 1. The fraction of sp³-hybridized carbons (Fsp3) is 1.00. The average Bonchev–Trinajstić information content (AvgIpc) is 1.37. The zero-order valence-electron chi connectivity index (χ0n) is 4.36. The van der Waals surface area contributed by atoms with Gasteiger partial charge in [0.15, 0.2) is 0 Å². The van der Waals surface area contributed by atoms with E-state index in [2.05, 4.69) is 19.6 Å². The number of hydrogen-bond donors (Lipinski definition) is 0. The van der Waals surface area contributed by atoms with Crippen LogP contribution in [0.25, 0.3) is 0 Å². The van der Waals surface area contributed by atoms with Gasteiger partial charge in [-0.15, -0.1) is 0 Å². The summed E-state index contributed by atoms with van der Waals surface area (Å²) in [6.07, 6.45) is 1.23. The van der Waals surface area contributed by atoms with Gasteiger partial charge in [-0.25, -0.2) is 0 Å². The topological polar surface area (TPSA) is 30.0 Å². The first-order valence-electron chi connectivity index (χ1n) is 1.56. The monoisotopic (exact) mass is 133 g/mol. The van der Waals surface area contributed by atoms with Crippen molar-refractivity contribution in [1.82, 2.24) is 0 Å². The molecule has 0 rings (SSSR count). The van der Waals surface area contributed by atoms with Crippen molar-refractivity contribution in [2.75, 3.05) is 5.75 Å². The zero-order chi connectivity index (χ0) is 3.41. The van der Waals surface area contributed by atoms with Gasteiger partial charge in [-0.3, -0.25) is 0 Å². The summed E-state index contributed by atoms with van der Waals surface area (Å²) in [6, 6.07) is 0. The first-order chi connectivity index (χ1) is 1.91. The third-order valence-electron chi connectivity index (χ3n) is 0.250. The fourth-order valence-electron chi connectivity index (χ4n) is 0. The fourth-order valence-corrected chi connectivity index (χ4v) is 0. The van der Waals surface area contributed by atoms with E-state index in [1.807, 2.05) is 0 Å². The second-order valence-electron chi connectivity index (χ2n) is 0.750. The maximum atomic E-state index is 3.29.